The zero-order chi connectivity index (χ0) is 14.0. The van der Waals surface area contributed by atoms with E-state index >= 15 is 0 Å². The Morgan fingerprint density at radius 2 is 1.89 bits per heavy atom. The molecule has 1 heterocycles. The zero-order valence-electron chi connectivity index (χ0n) is 11.3. The molecule has 1 aromatic rings. The summed E-state index contributed by atoms with van der Waals surface area (Å²) in [6, 6.07) is 1.65. The van der Waals surface area contributed by atoms with Crippen LogP contribution in [0.2, 0.25) is 0 Å². The second-order valence-corrected chi connectivity index (χ2v) is 5.06. The second-order valence-electron chi connectivity index (χ2n) is 5.06. The highest BCUT2D eigenvalue weighted by Gasteiger charge is 2.33. The van der Waals surface area contributed by atoms with Gasteiger partial charge >= 0.3 is 0 Å². The molecule has 2 nitrogen and oxygen atoms in total. The van der Waals surface area contributed by atoms with Gasteiger partial charge in [0.05, 0.1) is 5.69 Å². The monoisotopic (exact) mass is 272 g/mol. The number of hydrogen-bond donors (Lipinski definition) is 1. The number of hydrogen-bond acceptors (Lipinski definition) is 2. The van der Waals surface area contributed by atoms with Crippen molar-refractivity contribution in [2.24, 2.45) is 0 Å². The van der Waals surface area contributed by atoms with Gasteiger partial charge in [-0.25, -0.2) is 13.2 Å². The molecule has 1 fully saturated rings. The molecule has 5 heteroatoms. The van der Waals surface area contributed by atoms with E-state index in [1.54, 1.807) is 4.90 Å². The molecule has 2 rings (SSSR count). The number of rotatable bonds is 3. The second kappa shape index (κ2) is 5.41. The Balaban J connectivity index is 2.32. The number of halogens is 3. The molecular formula is C14H19F3N2. The minimum absolute atomic E-state index is 0.0188. The highest BCUT2D eigenvalue weighted by Crippen LogP contribution is 2.28. The van der Waals surface area contributed by atoms with Gasteiger partial charge < -0.3 is 10.2 Å². The first-order chi connectivity index (χ1) is 9.01. The maximum atomic E-state index is 13.8. The van der Waals surface area contributed by atoms with E-state index in [-0.39, 0.29) is 11.2 Å². The third-order valence-electron chi connectivity index (χ3n) is 4.04. The lowest BCUT2D eigenvalue weighted by atomic mass is 9.90. The van der Waals surface area contributed by atoms with Crippen molar-refractivity contribution in [3.05, 3.63) is 29.6 Å². The summed E-state index contributed by atoms with van der Waals surface area (Å²) >= 11 is 0. The van der Waals surface area contributed by atoms with E-state index in [2.05, 4.69) is 19.2 Å². The van der Waals surface area contributed by atoms with Crippen molar-refractivity contribution in [1.29, 1.82) is 0 Å². The number of benzene rings is 1. The van der Waals surface area contributed by atoms with Crippen molar-refractivity contribution in [3.63, 3.8) is 0 Å². The molecule has 1 N–H and O–H groups in total. The first kappa shape index (κ1) is 14.2. The predicted molar refractivity (Wildman–Crippen MR) is 69.8 cm³/mol. The van der Waals surface area contributed by atoms with E-state index < -0.39 is 17.5 Å². The topological polar surface area (TPSA) is 15.3 Å². The quantitative estimate of drug-likeness (QED) is 0.851. The molecule has 0 amide bonds. The molecule has 0 aliphatic carbocycles. The first-order valence-electron chi connectivity index (χ1n) is 6.66. The molecule has 1 aliphatic heterocycles. The van der Waals surface area contributed by atoms with Crippen LogP contribution >= 0.6 is 0 Å². The molecule has 1 aliphatic rings. The summed E-state index contributed by atoms with van der Waals surface area (Å²) in [4.78, 5) is 1.73. The highest BCUT2D eigenvalue weighted by molar-refractivity contribution is 5.49. The van der Waals surface area contributed by atoms with Crippen molar-refractivity contribution in [2.45, 2.75) is 32.2 Å². The van der Waals surface area contributed by atoms with Crippen molar-refractivity contribution in [2.75, 3.05) is 24.5 Å². The van der Waals surface area contributed by atoms with Crippen LogP contribution < -0.4 is 10.2 Å². The smallest absolute Gasteiger partial charge is 0.182 e. The lowest BCUT2D eigenvalue weighted by molar-refractivity contribution is 0.275. The molecule has 0 unspecified atom stereocenters. The Morgan fingerprint density at radius 1 is 1.21 bits per heavy atom. The molecule has 0 atom stereocenters. The van der Waals surface area contributed by atoms with Gasteiger partial charge in [-0.05, 0) is 12.8 Å². The van der Waals surface area contributed by atoms with Crippen LogP contribution in [-0.4, -0.2) is 25.2 Å². The lowest BCUT2D eigenvalue weighted by Gasteiger charge is -2.44. The number of nitrogens with one attached hydrogen (secondary N) is 1. The average molecular weight is 272 g/mol. The molecule has 1 saturated heterocycles. The van der Waals surface area contributed by atoms with E-state index in [1.807, 2.05) is 0 Å². The van der Waals surface area contributed by atoms with Crippen LogP contribution in [0.3, 0.4) is 0 Å². The van der Waals surface area contributed by atoms with Gasteiger partial charge in [0, 0.05) is 37.3 Å². The molecule has 0 radical (unpaired) electrons. The Kier molecular flexibility index (Phi) is 4.04. The average Bonchev–Trinajstić information content (AvgIpc) is 2.42. The van der Waals surface area contributed by atoms with Crippen molar-refractivity contribution >= 4 is 5.69 Å². The standard InChI is InChI=1S/C14H19F3N2/c1-3-14(4-2)9-19(6-5-18-14)12-8-10(15)7-11(16)13(12)17/h7-8,18H,3-6,9H2,1-2H3. The van der Waals surface area contributed by atoms with Gasteiger partial charge in [-0.15, -0.1) is 0 Å². The van der Waals surface area contributed by atoms with E-state index in [4.69, 9.17) is 0 Å². The number of piperazine rings is 1. The van der Waals surface area contributed by atoms with Crippen LogP contribution in [0.25, 0.3) is 0 Å². The summed E-state index contributed by atoms with van der Waals surface area (Å²) in [7, 11) is 0. The van der Waals surface area contributed by atoms with Gasteiger partial charge in [-0.3, -0.25) is 0 Å². The Hall–Kier alpha value is -1.23. The lowest BCUT2D eigenvalue weighted by Crippen LogP contribution is -2.60. The summed E-state index contributed by atoms with van der Waals surface area (Å²) in [5.41, 5.74) is -0.0988. The Labute approximate surface area is 111 Å². The molecule has 0 bridgehead atoms. The fourth-order valence-electron chi connectivity index (χ4n) is 2.66. The highest BCUT2D eigenvalue weighted by atomic mass is 19.2. The summed E-state index contributed by atoms with van der Waals surface area (Å²) in [5, 5.41) is 3.43. The van der Waals surface area contributed by atoms with Crippen LogP contribution in [0, 0.1) is 17.5 Å². The predicted octanol–water partition coefficient (Wildman–Crippen LogP) is 3.07. The SMILES string of the molecule is CCC1(CC)CN(c2cc(F)cc(F)c2F)CCN1. The third-order valence-corrected chi connectivity index (χ3v) is 4.04. The van der Waals surface area contributed by atoms with Crippen molar-refractivity contribution in [1.82, 2.24) is 5.32 Å². The summed E-state index contributed by atoms with van der Waals surface area (Å²) in [6.45, 7) is 5.89. The summed E-state index contributed by atoms with van der Waals surface area (Å²) < 4.78 is 40.4. The minimum Gasteiger partial charge on any atom is -0.366 e. The maximum Gasteiger partial charge on any atom is 0.182 e. The largest absolute Gasteiger partial charge is 0.366 e. The fraction of sp³-hybridized carbons (Fsp3) is 0.571. The molecule has 0 spiro atoms. The van der Waals surface area contributed by atoms with Gasteiger partial charge in [-0.1, -0.05) is 13.8 Å². The van der Waals surface area contributed by atoms with Gasteiger partial charge in [0.15, 0.2) is 11.6 Å². The van der Waals surface area contributed by atoms with E-state index in [9.17, 15) is 13.2 Å². The Morgan fingerprint density at radius 3 is 2.53 bits per heavy atom. The molecule has 0 saturated carbocycles. The van der Waals surface area contributed by atoms with E-state index in [0.717, 1.165) is 18.9 Å². The normalized spacial score (nSPS) is 18.7. The minimum atomic E-state index is -1.13. The van der Waals surface area contributed by atoms with Gasteiger partial charge in [0.2, 0.25) is 0 Å². The van der Waals surface area contributed by atoms with E-state index in [1.165, 1.54) is 0 Å². The van der Waals surface area contributed by atoms with Crippen molar-refractivity contribution in [3.8, 4) is 0 Å². The van der Waals surface area contributed by atoms with Gasteiger partial charge in [0.25, 0.3) is 0 Å². The summed E-state index contributed by atoms with van der Waals surface area (Å²) in [6.07, 6.45) is 1.78. The third kappa shape index (κ3) is 2.71. The zero-order valence-corrected chi connectivity index (χ0v) is 11.3. The van der Waals surface area contributed by atoms with Crippen molar-refractivity contribution < 1.29 is 13.2 Å². The van der Waals surface area contributed by atoms with Crippen LogP contribution in [0.1, 0.15) is 26.7 Å². The van der Waals surface area contributed by atoms with E-state index in [0.29, 0.717) is 25.7 Å². The van der Waals surface area contributed by atoms with Crippen LogP contribution in [-0.2, 0) is 0 Å². The van der Waals surface area contributed by atoms with Crippen LogP contribution in [0.5, 0.6) is 0 Å². The number of anilines is 1. The maximum absolute atomic E-state index is 13.8. The van der Waals surface area contributed by atoms with Crippen LogP contribution in [0.4, 0.5) is 18.9 Å². The number of nitrogens with zero attached hydrogens (tertiary/aromatic N) is 1. The van der Waals surface area contributed by atoms with Crippen LogP contribution in [0.15, 0.2) is 12.1 Å². The Bertz CT molecular complexity index is 458. The van der Waals surface area contributed by atoms with Gasteiger partial charge in [-0.2, -0.15) is 0 Å². The molecule has 19 heavy (non-hydrogen) atoms. The fourth-order valence-corrected chi connectivity index (χ4v) is 2.66. The molecule has 1 aromatic carbocycles. The molecule has 106 valence electrons. The molecule has 0 aromatic heterocycles. The molecular weight excluding hydrogens is 253 g/mol. The first-order valence-corrected chi connectivity index (χ1v) is 6.66. The summed E-state index contributed by atoms with van der Waals surface area (Å²) in [5.74, 6) is -2.84. The van der Waals surface area contributed by atoms with Gasteiger partial charge in [0.1, 0.15) is 5.82 Å².